The SMILES string of the molecule is CCn1cncc1CN(C)C(=O)c1c2c(nn1C)[C@H](C)O[C@H](C)C2. The van der Waals surface area contributed by atoms with E-state index in [9.17, 15) is 4.79 Å². The van der Waals surface area contributed by atoms with Crippen molar-refractivity contribution in [3.8, 4) is 0 Å². The van der Waals surface area contributed by atoms with Crippen molar-refractivity contribution >= 4 is 5.91 Å². The van der Waals surface area contributed by atoms with Gasteiger partial charge in [-0.25, -0.2) is 4.98 Å². The molecule has 0 unspecified atom stereocenters. The summed E-state index contributed by atoms with van der Waals surface area (Å²) >= 11 is 0. The summed E-state index contributed by atoms with van der Waals surface area (Å²) in [4.78, 5) is 18.9. The van der Waals surface area contributed by atoms with Gasteiger partial charge in [0.15, 0.2) is 0 Å². The Morgan fingerprint density at radius 2 is 2.21 bits per heavy atom. The Hall–Kier alpha value is -2.15. The largest absolute Gasteiger partial charge is 0.369 e. The van der Waals surface area contributed by atoms with Crippen molar-refractivity contribution in [3.63, 3.8) is 0 Å². The van der Waals surface area contributed by atoms with Crippen molar-refractivity contribution in [3.05, 3.63) is 35.2 Å². The van der Waals surface area contributed by atoms with Gasteiger partial charge in [0.25, 0.3) is 5.91 Å². The lowest BCUT2D eigenvalue weighted by Gasteiger charge is -2.25. The smallest absolute Gasteiger partial charge is 0.272 e. The highest BCUT2D eigenvalue weighted by atomic mass is 16.5. The number of aryl methyl sites for hydroxylation is 2. The van der Waals surface area contributed by atoms with Crippen molar-refractivity contribution < 1.29 is 9.53 Å². The topological polar surface area (TPSA) is 65.2 Å². The molecule has 0 aromatic carbocycles. The van der Waals surface area contributed by atoms with Crippen LogP contribution in [-0.2, 0) is 31.3 Å². The van der Waals surface area contributed by atoms with Gasteiger partial charge in [-0.1, -0.05) is 0 Å². The Balaban J connectivity index is 1.87. The van der Waals surface area contributed by atoms with Crippen LogP contribution >= 0.6 is 0 Å². The molecule has 1 amide bonds. The monoisotopic (exact) mass is 331 g/mol. The Morgan fingerprint density at radius 1 is 1.46 bits per heavy atom. The van der Waals surface area contributed by atoms with Crippen molar-refractivity contribution in [1.29, 1.82) is 0 Å². The number of nitrogens with zero attached hydrogens (tertiary/aromatic N) is 5. The molecule has 3 heterocycles. The fourth-order valence-electron chi connectivity index (χ4n) is 3.39. The minimum absolute atomic E-state index is 0.0172. The summed E-state index contributed by atoms with van der Waals surface area (Å²) in [5.41, 5.74) is 3.59. The number of ether oxygens (including phenoxy) is 1. The fourth-order valence-corrected chi connectivity index (χ4v) is 3.39. The number of imidazole rings is 1. The van der Waals surface area contributed by atoms with Crippen molar-refractivity contribution in [2.24, 2.45) is 7.05 Å². The second-order valence-electron chi connectivity index (χ2n) is 6.46. The minimum atomic E-state index is -0.0803. The summed E-state index contributed by atoms with van der Waals surface area (Å²) in [5.74, 6) is -0.0172. The van der Waals surface area contributed by atoms with Gasteiger partial charge >= 0.3 is 0 Å². The number of aromatic nitrogens is 4. The third-order valence-electron chi connectivity index (χ3n) is 4.58. The van der Waals surface area contributed by atoms with Crippen LogP contribution in [0.15, 0.2) is 12.5 Å². The summed E-state index contributed by atoms with van der Waals surface area (Å²) < 4.78 is 9.56. The molecule has 2 aromatic rings. The molecule has 0 radical (unpaired) electrons. The maximum absolute atomic E-state index is 13.0. The molecule has 7 nitrogen and oxygen atoms in total. The predicted octanol–water partition coefficient (Wildman–Crippen LogP) is 1.93. The highest BCUT2D eigenvalue weighted by molar-refractivity contribution is 5.94. The molecule has 7 heteroatoms. The van der Waals surface area contributed by atoms with E-state index in [2.05, 4.69) is 17.0 Å². The molecule has 2 aromatic heterocycles. The van der Waals surface area contributed by atoms with E-state index in [-0.39, 0.29) is 18.1 Å². The average Bonchev–Trinajstić information content (AvgIpc) is 3.10. The first-order valence-corrected chi connectivity index (χ1v) is 8.38. The van der Waals surface area contributed by atoms with Gasteiger partial charge in [-0.15, -0.1) is 0 Å². The number of carbonyl (C=O) groups is 1. The molecule has 0 spiro atoms. The standard InChI is InChI=1S/C17H25N5O2/c1-6-22-10-18-8-13(22)9-20(4)17(23)16-14-7-11(2)24-12(3)15(14)19-21(16)5/h8,10-12H,6-7,9H2,1-5H3/t11-,12+/m1/s1. The molecule has 130 valence electrons. The zero-order chi connectivity index (χ0) is 17.4. The number of amides is 1. The first kappa shape index (κ1) is 16.7. The van der Waals surface area contributed by atoms with E-state index in [0.29, 0.717) is 12.2 Å². The van der Waals surface area contributed by atoms with Crippen LogP contribution in [0.5, 0.6) is 0 Å². The molecule has 24 heavy (non-hydrogen) atoms. The Morgan fingerprint density at radius 3 is 2.92 bits per heavy atom. The summed E-state index contributed by atoms with van der Waals surface area (Å²) in [6.45, 7) is 7.44. The van der Waals surface area contributed by atoms with Gasteiger partial charge in [0.05, 0.1) is 36.5 Å². The molecule has 0 saturated heterocycles. The molecule has 0 saturated carbocycles. The molecule has 0 aliphatic carbocycles. The number of carbonyl (C=O) groups excluding carboxylic acids is 1. The summed E-state index contributed by atoms with van der Waals surface area (Å²) in [6.07, 6.45) is 4.33. The zero-order valence-corrected chi connectivity index (χ0v) is 15.0. The molecule has 1 aliphatic heterocycles. The van der Waals surface area contributed by atoms with Gasteiger partial charge in [0.2, 0.25) is 0 Å². The van der Waals surface area contributed by atoms with Gasteiger partial charge in [-0.05, 0) is 20.8 Å². The van der Waals surface area contributed by atoms with E-state index in [1.54, 1.807) is 15.9 Å². The predicted molar refractivity (Wildman–Crippen MR) is 89.6 cm³/mol. The third kappa shape index (κ3) is 2.84. The quantitative estimate of drug-likeness (QED) is 0.859. The maximum Gasteiger partial charge on any atom is 0.272 e. The first-order valence-electron chi connectivity index (χ1n) is 8.38. The Bertz CT molecular complexity index is 748. The number of rotatable bonds is 4. The van der Waals surface area contributed by atoms with Crippen LogP contribution in [-0.4, -0.2) is 43.3 Å². The van der Waals surface area contributed by atoms with E-state index in [1.807, 2.05) is 38.7 Å². The lowest BCUT2D eigenvalue weighted by Crippen LogP contribution is -2.31. The average molecular weight is 331 g/mol. The van der Waals surface area contributed by atoms with E-state index < -0.39 is 0 Å². The Labute approximate surface area is 142 Å². The van der Waals surface area contributed by atoms with Crippen molar-refractivity contribution in [2.45, 2.75) is 52.5 Å². The van der Waals surface area contributed by atoms with E-state index in [1.165, 1.54) is 0 Å². The lowest BCUT2D eigenvalue weighted by atomic mass is 9.99. The molecule has 0 bridgehead atoms. The molecule has 2 atom stereocenters. The fraction of sp³-hybridized carbons (Fsp3) is 0.588. The molecule has 1 aliphatic rings. The van der Waals surface area contributed by atoms with Crippen LogP contribution in [0.4, 0.5) is 0 Å². The van der Waals surface area contributed by atoms with Crippen LogP contribution < -0.4 is 0 Å². The van der Waals surface area contributed by atoms with Crippen molar-refractivity contribution in [2.75, 3.05) is 7.05 Å². The normalized spacial score (nSPS) is 20.0. The highest BCUT2D eigenvalue weighted by Crippen LogP contribution is 2.31. The maximum atomic E-state index is 13.0. The molecule has 0 fully saturated rings. The lowest BCUT2D eigenvalue weighted by molar-refractivity contribution is -0.00713. The second-order valence-corrected chi connectivity index (χ2v) is 6.46. The first-order chi connectivity index (χ1) is 11.4. The van der Waals surface area contributed by atoms with Gasteiger partial charge < -0.3 is 14.2 Å². The van der Waals surface area contributed by atoms with Gasteiger partial charge in [0, 0.05) is 38.8 Å². The number of fused-ring (bicyclic) bond motifs is 1. The molecule has 3 rings (SSSR count). The van der Waals surface area contributed by atoms with Crippen LogP contribution in [0.2, 0.25) is 0 Å². The third-order valence-corrected chi connectivity index (χ3v) is 4.58. The minimum Gasteiger partial charge on any atom is -0.369 e. The van der Waals surface area contributed by atoms with Gasteiger partial charge in [-0.2, -0.15) is 5.10 Å². The van der Waals surface area contributed by atoms with Crippen molar-refractivity contribution in [1.82, 2.24) is 24.2 Å². The van der Waals surface area contributed by atoms with Gasteiger partial charge in [0.1, 0.15) is 5.69 Å². The van der Waals surface area contributed by atoms with E-state index in [0.717, 1.165) is 29.9 Å². The highest BCUT2D eigenvalue weighted by Gasteiger charge is 2.32. The van der Waals surface area contributed by atoms with Crippen LogP contribution in [0.3, 0.4) is 0 Å². The summed E-state index contributed by atoms with van der Waals surface area (Å²) in [5, 5.41) is 4.53. The summed E-state index contributed by atoms with van der Waals surface area (Å²) in [6, 6.07) is 0. The van der Waals surface area contributed by atoms with Crippen LogP contribution in [0.25, 0.3) is 0 Å². The van der Waals surface area contributed by atoms with E-state index in [4.69, 9.17) is 4.74 Å². The summed E-state index contributed by atoms with van der Waals surface area (Å²) in [7, 11) is 3.65. The number of hydrogen-bond donors (Lipinski definition) is 0. The number of hydrogen-bond acceptors (Lipinski definition) is 4. The Kier molecular flexibility index (Phi) is 4.45. The molecular weight excluding hydrogens is 306 g/mol. The van der Waals surface area contributed by atoms with Crippen LogP contribution in [0.1, 0.15) is 54.3 Å². The second kappa shape index (κ2) is 6.39. The van der Waals surface area contributed by atoms with E-state index >= 15 is 0 Å². The zero-order valence-electron chi connectivity index (χ0n) is 15.0. The molecule has 0 N–H and O–H groups in total. The van der Waals surface area contributed by atoms with Crippen LogP contribution in [0, 0.1) is 0 Å². The van der Waals surface area contributed by atoms with Gasteiger partial charge in [-0.3, -0.25) is 9.48 Å². The molecular formula is C17H25N5O2.